The Morgan fingerprint density at radius 1 is 1.25 bits per heavy atom. The summed E-state index contributed by atoms with van der Waals surface area (Å²) in [5, 5.41) is 9.28. The second-order valence-electron chi connectivity index (χ2n) is 5.15. The molecule has 0 aliphatic rings. The Morgan fingerprint density at radius 2 is 1.95 bits per heavy atom. The molecular formula is C16H27FN2O. The first-order valence-electron chi connectivity index (χ1n) is 7.50. The Balaban J connectivity index is 3.05. The van der Waals surface area contributed by atoms with E-state index in [1.165, 1.54) is 6.07 Å². The van der Waals surface area contributed by atoms with Gasteiger partial charge in [0.25, 0.3) is 0 Å². The van der Waals surface area contributed by atoms with Crippen molar-refractivity contribution in [1.29, 1.82) is 0 Å². The van der Waals surface area contributed by atoms with Crippen molar-refractivity contribution in [3.63, 3.8) is 0 Å². The molecule has 20 heavy (non-hydrogen) atoms. The van der Waals surface area contributed by atoms with Crippen molar-refractivity contribution < 1.29 is 9.50 Å². The average molecular weight is 282 g/mol. The lowest BCUT2D eigenvalue weighted by atomic mass is 9.95. The van der Waals surface area contributed by atoms with Crippen LogP contribution in [-0.4, -0.2) is 35.7 Å². The van der Waals surface area contributed by atoms with Crippen molar-refractivity contribution in [2.45, 2.75) is 45.2 Å². The first-order chi connectivity index (χ1) is 9.65. The maximum absolute atomic E-state index is 14.1. The molecule has 0 saturated heterocycles. The van der Waals surface area contributed by atoms with Crippen LogP contribution in [0.25, 0.3) is 0 Å². The Bertz CT molecular complexity index is 386. The standard InChI is InChI=1S/C16H27FN2O/c1-3-5-10-19(11-12-20)16(15(18)4-2)13-8-6-7-9-14(13)17/h6-9,15-16,20H,3-5,10-12,18H2,1-2H3. The molecular weight excluding hydrogens is 255 g/mol. The summed E-state index contributed by atoms with van der Waals surface area (Å²) in [5.74, 6) is -0.221. The number of unbranched alkanes of at least 4 members (excludes halogenated alkanes) is 1. The number of aliphatic hydroxyl groups is 1. The quantitative estimate of drug-likeness (QED) is 0.732. The smallest absolute Gasteiger partial charge is 0.128 e. The van der Waals surface area contributed by atoms with Crippen LogP contribution >= 0.6 is 0 Å². The molecule has 0 radical (unpaired) electrons. The third-order valence-electron chi connectivity index (χ3n) is 3.68. The van der Waals surface area contributed by atoms with Crippen LogP contribution in [-0.2, 0) is 0 Å². The van der Waals surface area contributed by atoms with Gasteiger partial charge in [-0.15, -0.1) is 0 Å². The van der Waals surface area contributed by atoms with Crippen LogP contribution in [0.3, 0.4) is 0 Å². The van der Waals surface area contributed by atoms with E-state index in [1.807, 2.05) is 13.0 Å². The molecule has 1 rings (SSSR count). The Labute approximate surface area is 121 Å². The Kier molecular flexibility index (Phi) is 7.73. The van der Waals surface area contributed by atoms with E-state index in [0.717, 1.165) is 25.8 Å². The molecule has 0 heterocycles. The lowest BCUT2D eigenvalue weighted by molar-refractivity contribution is 0.128. The number of nitrogens with zero attached hydrogens (tertiary/aromatic N) is 1. The minimum atomic E-state index is -0.221. The highest BCUT2D eigenvalue weighted by Crippen LogP contribution is 2.27. The number of nitrogens with two attached hydrogens (primary N) is 1. The Morgan fingerprint density at radius 3 is 2.50 bits per heavy atom. The van der Waals surface area contributed by atoms with Gasteiger partial charge in [-0.2, -0.15) is 0 Å². The molecule has 114 valence electrons. The summed E-state index contributed by atoms with van der Waals surface area (Å²) in [4.78, 5) is 2.11. The van der Waals surface area contributed by atoms with Crippen molar-refractivity contribution in [2.24, 2.45) is 5.73 Å². The van der Waals surface area contributed by atoms with E-state index in [1.54, 1.807) is 12.1 Å². The van der Waals surface area contributed by atoms with E-state index in [0.29, 0.717) is 12.1 Å². The zero-order valence-corrected chi connectivity index (χ0v) is 12.6. The molecule has 2 unspecified atom stereocenters. The number of benzene rings is 1. The molecule has 1 aromatic carbocycles. The predicted molar refractivity (Wildman–Crippen MR) is 81.0 cm³/mol. The van der Waals surface area contributed by atoms with E-state index < -0.39 is 0 Å². The van der Waals surface area contributed by atoms with Gasteiger partial charge in [0.15, 0.2) is 0 Å². The minimum Gasteiger partial charge on any atom is -0.395 e. The zero-order chi connectivity index (χ0) is 15.0. The summed E-state index contributed by atoms with van der Waals surface area (Å²) in [6.45, 7) is 5.53. The maximum Gasteiger partial charge on any atom is 0.128 e. The predicted octanol–water partition coefficient (Wildman–Crippen LogP) is 2.70. The molecule has 3 nitrogen and oxygen atoms in total. The summed E-state index contributed by atoms with van der Waals surface area (Å²) >= 11 is 0. The SMILES string of the molecule is CCCCN(CCO)C(c1ccccc1F)C(N)CC. The molecule has 0 spiro atoms. The molecule has 0 bridgehead atoms. The second kappa shape index (κ2) is 9.06. The molecule has 0 saturated carbocycles. The van der Waals surface area contributed by atoms with Crippen molar-refractivity contribution in [3.05, 3.63) is 35.6 Å². The Hall–Kier alpha value is -0.970. The number of rotatable bonds is 9. The van der Waals surface area contributed by atoms with Crippen LogP contribution in [0, 0.1) is 5.82 Å². The van der Waals surface area contributed by atoms with Gasteiger partial charge in [0.2, 0.25) is 0 Å². The number of hydrogen-bond acceptors (Lipinski definition) is 3. The van der Waals surface area contributed by atoms with Gasteiger partial charge in [0.1, 0.15) is 5.82 Å². The summed E-state index contributed by atoms with van der Waals surface area (Å²) in [5.41, 5.74) is 6.86. The molecule has 0 aliphatic heterocycles. The van der Waals surface area contributed by atoms with Crippen molar-refractivity contribution in [1.82, 2.24) is 4.90 Å². The fourth-order valence-electron chi connectivity index (χ4n) is 2.52. The van der Waals surface area contributed by atoms with Gasteiger partial charge in [-0.25, -0.2) is 4.39 Å². The van der Waals surface area contributed by atoms with Crippen LogP contribution < -0.4 is 5.73 Å². The van der Waals surface area contributed by atoms with Gasteiger partial charge in [-0.3, -0.25) is 4.90 Å². The molecule has 0 aliphatic carbocycles. The van der Waals surface area contributed by atoms with E-state index in [4.69, 9.17) is 5.73 Å². The zero-order valence-electron chi connectivity index (χ0n) is 12.6. The highest BCUT2D eigenvalue weighted by Gasteiger charge is 2.27. The van der Waals surface area contributed by atoms with E-state index >= 15 is 0 Å². The molecule has 3 N–H and O–H groups in total. The van der Waals surface area contributed by atoms with Gasteiger partial charge < -0.3 is 10.8 Å². The molecule has 1 aromatic rings. The molecule has 0 aromatic heterocycles. The van der Waals surface area contributed by atoms with Crippen LogP contribution in [0.1, 0.15) is 44.7 Å². The van der Waals surface area contributed by atoms with E-state index in [9.17, 15) is 9.50 Å². The third kappa shape index (κ3) is 4.54. The third-order valence-corrected chi connectivity index (χ3v) is 3.68. The van der Waals surface area contributed by atoms with Gasteiger partial charge in [-0.05, 0) is 25.5 Å². The first-order valence-corrected chi connectivity index (χ1v) is 7.50. The fraction of sp³-hybridized carbons (Fsp3) is 0.625. The topological polar surface area (TPSA) is 49.5 Å². The summed E-state index contributed by atoms with van der Waals surface area (Å²) in [6.07, 6.45) is 2.85. The molecule has 0 fully saturated rings. The molecule has 2 atom stereocenters. The van der Waals surface area contributed by atoms with Crippen molar-refractivity contribution in [3.8, 4) is 0 Å². The van der Waals surface area contributed by atoms with Crippen LogP contribution in [0.2, 0.25) is 0 Å². The van der Waals surface area contributed by atoms with Crippen LogP contribution in [0.4, 0.5) is 4.39 Å². The monoisotopic (exact) mass is 282 g/mol. The largest absolute Gasteiger partial charge is 0.395 e. The number of hydrogen-bond donors (Lipinski definition) is 2. The number of aliphatic hydroxyl groups excluding tert-OH is 1. The van der Waals surface area contributed by atoms with Crippen LogP contribution in [0.5, 0.6) is 0 Å². The van der Waals surface area contributed by atoms with Crippen molar-refractivity contribution in [2.75, 3.05) is 19.7 Å². The highest BCUT2D eigenvalue weighted by atomic mass is 19.1. The maximum atomic E-state index is 14.1. The average Bonchev–Trinajstić information content (AvgIpc) is 2.46. The minimum absolute atomic E-state index is 0.0606. The van der Waals surface area contributed by atoms with Crippen LogP contribution in [0.15, 0.2) is 24.3 Å². The normalized spacial score (nSPS) is 14.5. The van der Waals surface area contributed by atoms with Gasteiger partial charge in [0, 0.05) is 18.2 Å². The first kappa shape index (κ1) is 17.1. The van der Waals surface area contributed by atoms with Gasteiger partial charge in [0.05, 0.1) is 12.6 Å². The van der Waals surface area contributed by atoms with E-state index in [-0.39, 0.29) is 24.5 Å². The lowest BCUT2D eigenvalue weighted by Gasteiger charge is -2.35. The van der Waals surface area contributed by atoms with E-state index in [2.05, 4.69) is 11.8 Å². The summed E-state index contributed by atoms with van der Waals surface area (Å²) in [6, 6.07) is 6.48. The van der Waals surface area contributed by atoms with Gasteiger partial charge in [-0.1, -0.05) is 38.5 Å². The van der Waals surface area contributed by atoms with Gasteiger partial charge >= 0.3 is 0 Å². The summed E-state index contributed by atoms with van der Waals surface area (Å²) < 4.78 is 14.1. The molecule has 0 amide bonds. The molecule has 4 heteroatoms. The lowest BCUT2D eigenvalue weighted by Crippen LogP contribution is -2.43. The second-order valence-corrected chi connectivity index (χ2v) is 5.15. The summed E-state index contributed by atoms with van der Waals surface area (Å²) in [7, 11) is 0. The van der Waals surface area contributed by atoms with Crippen molar-refractivity contribution >= 4 is 0 Å². The highest BCUT2D eigenvalue weighted by molar-refractivity contribution is 5.23. The number of halogens is 1. The fourth-order valence-corrected chi connectivity index (χ4v) is 2.52.